The van der Waals surface area contributed by atoms with Gasteiger partial charge >= 0.3 is 5.97 Å². The van der Waals surface area contributed by atoms with Gasteiger partial charge in [0, 0.05) is 30.6 Å². The smallest absolute Gasteiger partial charge is 0.323 e. The lowest BCUT2D eigenvalue weighted by Gasteiger charge is -2.33. The summed E-state index contributed by atoms with van der Waals surface area (Å²) in [5, 5.41) is 12.5. The van der Waals surface area contributed by atoms with Crippen LogP contribution in [0.3, 0.4) is 0 Å². The number of nitrogens with one attached hydrogen (secondary N) is 1. The first-order chi connectivity index (χ1) is 15.9. The molecule has 10 heteroatoms. The molecular formula is C23H29ClN4O5. The topological polar surface area (TPSA) is 112 Å². The van der Waals surface area contributed by atoms with Crippen LogP contribution in [0.4, 0.5) is 5.69 Å². The summed E-state index contributed by atoms with van der Waals surface area (Å²) in [5.41, 5.74) is 1.54. The van der Waals surface area contributed by atoms with Crippen molar-refractivity contribution in [1.82, 2.24) is 15.1 Å². The van der Waals surface area contributed by atoms with Crippen LogP contribution < -0.4 is 10.1 Å². The summed E-state index contributed by atoms with van der Waals surface area (Å²) in [4.78, 5) is 43.4. The lowest BCUT2D eigenvalue weighted by molar-refractivity contribution is -0.146. The fourth-order valence-corrected chi connectivity index (χ4v) is 4.90. The lowest BCUT2D eigenvalue weighted by Crippen LogP contribution is -2.44. The highest BCUT2D eigenvalue weighted by Gasteiger charge is 2.30. The van der Waals surface area contributed by atoms with Gasteiger partial charge in [-0.15, -0.1) is 0 Å². The summed E-state index contributed by atoms with van der Waals surface area (Å²) in [6.07, 6.45) is 6.58. The van der Waals surface area contributed by atoms with Crippen molar-refractivity contribution in [3.8, 4) is 5.75 Å². The monoisotopic (exact) mass is 476 g/mol. The minimum atomic E-state index is -0.967. The zero-order chi connectivity index (χ0) is 23.4. The maximum absolute atomic E-state index is 12.7. The first kappa shape index (κ1) is 23.4. The molecule has 9 nitrogen and oxygen atoms in total. The zero-order valence-electron chi connectivity index (χ0n) is 18.5. The number of aliphatic carboxylic acids is 1. The molecular weight excluding hydrogens is 448 g/mol. The van der Waals surface area contributed by atoms with Crippen molar-refractivity contribution < 1.29 is 24.2 Å². The van der Waals surface area contributed by atoms with Gasteiger partial charge in [0.1, 0.15) is 18.8 Å². The molecule has 1 aliphatic carbocycles. The predicted molar refractivity (Wildman–Crippen MR) is 123 cm³/mol. The van der Waals surface area contributed by atoms with Gasteiger partial charge in [0.05, 0.1) is 17.3 Å². The van der Waals surface area contributed by atoms with E-state index in [2.05, 4.69) is 10.3 Å². The quantitative estimate of drug-likeness (QED) is 0.530. The number of rotatable bonds is 9. The molecule has 3 aliphatic rings. The molecule has 0 radical (unpaired) electrons. The van der Waals surface area contributed by atoms with Crippen LogP contribution in [0, 0.1) is 0 Å². The number of unbranched alkanes of at least 4 members (excludes halogenated alkanes) is 1. The number of ether oxygens (including phenoxy) is 1. The van der Waals surface area contributed by atoms with Crippen LogP contribution in [-0.4, -0.2) is 64.4 Å². The molecule has 2 N–H and O–H groups in total. The minimum absolute atomic E-state index is 0.0402. The number of carbonyl (C=O) groups excluding carboxylic acids is 2. The number of carboxylic acid groups (broad SMARTS) is 1. The Kier molecular flexibility index (Phi) is 7.37. The Bertz CT molecular complexity index is 960. The molecule has 0 atom stereocenters. The predicted octanol–water partition coefficient (Wildman–Crippen LogP) is 3.07. The molecule has 1 saturated carbocycles. The van der Waals surface area contributed by atoms with Gasteiger partial charge in [-0.25, -0.2) is 4.99 Å². The highest BCUT2D eigenvalue weighted by atomic mass is 35.5. The summed E-state index contributed by atoms with van der Waals surface area (Å²) in [5.74, 6) is -0.0374. The number of guanidine groups is 1. The molecule has 0 unspecified atom stereocenters. The molecule has 178 valence electrons. The third-order valence-corrected chi connectivity index (χ3v) is 6.64. The van der Waals surface area contributed by atoms with Crippen LogP contribution in [0.5, 0.6) is 5.75 Å². The van der Waals surface area contributed by atoms with Gasteiger partial charge in [-0.3, -0.25) is 19.7 Å². The van der Waals surface area contributed by atoms with Crippen molar-refractivity contribution in [3.63, 3.8) is 0 Å². The molecule has 0 bridgehead atoms. The largest absolute Gasteiger partial charge is 0.493 e. The number of nitrogens with zero attached hydrogens (tertiary/aromatic N) is 3. The van der Waals surface area contributed by atoms with Crippen molar-refractivity contribution in [2.75, 3.05) is 19.7 Å². The van der Waals surface area contributed by atoms with Gasteiger partial charge in [-0.1, -0.05) is 30.9 Å². The van der Waals surface area contributed by atoms with Gasteiger partial charge in [0.25, 0.3) is 0 Å². The molecule has 0 aromatic heterocycles. The van der Waals surface area contributed by atoms with E-state index in [4.69, 9.17) is 16.3 Å². The maximum atomic E-state index is 12.7. The van der Waals surface area contributed by atoms with E-state index in [1.807, 2.05) is 4.90 Å². The molecule has 33 heavy (non-hydrogen) atoms. The Morgan fingerprint density at radius 1 is 1.21 bits per heavy atom. The van der Waals surface area contributed by atoms with Crippen molar-refractivity contribution in [2.45, 2.75) is 64.0 Å². The highest BCUT2D eigenvalue weighted by Crippen LogP contribution is 2.36. The molecule has 1 aromatic carbocycles. The van der Waals surface area contributed by atoms with Gasteiger partial charge in [0.15, 0.2) is 0 Å². The van der Waals surface area contributed by atoms with E-state index in [0.717, 1.165) is 37.7 Å². The van der Waals surface area contributed by atoms with E-state index in [0.29, 0.717) is 54.8 Å². The van der Waals surface area contributed by atoms with E-state index in [9.17, 15) is 19.5 Å². The number of halogens is 1. The minimum Gasteiger partial charge on any atom is -0.493 e. The number of carboxylic acids is 1. The Morgan fingerprint density at radius 2 is 2.00 bits per heavy atom. The second-order valence-corrected chi connectivity index (χ2v) is 9.16. The van der Waals surface area contributed by atoms with Crippen LogP contribution >= 0.6 is 11.6 Å². The van der Waals surface area contributed by atoms with Crippen LogP contribution in [-0.2, 0) is 20.9 Å². The number of carbonyl (C=O) groups is 3. The number of aliphatic imine (C=N–C) groups is 1. The number of hydrogen-bond acceptors (Lipinski definition) is 6. The van der Waals surface area contributed by atoms with Gasteiger partial charge in [-0.05, 0) is 31.7 Å². The van der Waals surface area contributed by atoms with Crippen molar-refractivity contribution in [2.24, 2.45) is 4.99 Å². The molecule has 2 fully saturated rings. The third-order valence-electron chi connectivity index (χ3n) is 6.30. The van der Waals surface area contributed by atoms with Gasteiger partial charge < -0.3 is 19.6 Å². The van der Waals surface area contributed by atoms with E-state index in [1.165, 1.54) is 0 Å². The Balaban J connectivity index is 1.27. The van der Waals surface area contributed by atoms with Gasteiger partial charge in [0.2, 0.25) is 17.8 Å². The molecule has 2 heterocycles. The SMILES string of the molecule is O=C(O)CN(C(=O)CCCCOc1cc(Cl)c2c(c1)N=C1NC(=O)CN1C2)C1CCCCC1. The zero-order valence-corrected chi connectivity index (χ0v) is 19.3. The van der Waals surface area contributed by atoms with E-state index in [-0.39, 0.29) is 30.9 Å². The standard InChI is InChI=1S/C23H29ClN4O5/c24-18-10-16(11-19-17(18)12-27-13-20(29)26-23(27)25-19)33-9-5-4-8-21(30)28(14-22(31)32)15-6-2-1-3-7-15/h10-11,15H,1-9,12-14H2,(H,31,32)(H,25,26,29). The number of hydrogen-bond donors (Lipinski definition) is 2. The molecule has 1 saturated heterocycles. The first-order valence-corrected chi connectivity index (χ1v) is 11.9. The second-order valence-electron chi connectivity index (χ2n) is 8.76. The summed E-state index contributed by atoms with van der Waals surface area (Å²) < 4.78 is 5.83. The number of amides is 2. The Morgan fingerprint density at radius 3 is 2.76 bits per heavy atom. The van der Waals surface area contributed by atoms with Gasteiger partial charge in [-0.2, -0.15) is 0 Å². The second kappa shape index (κ2) is 10.4. The normalized spacial score (nSPS) is 17.7. The summed E-state index contributed by atoms with van der Waals surface area (Å²) in [6.45, 7) is 0.969. The molecule has 2 aliphatic heterocycles. The Labute approximate surface area is 197 Å². The van der Waals surface area contributed by atoms with Crippen molar-refractivity contribution in [3.05, 3.63) is 22.7 Å². The van der Waals surface area contributed by atoms with Crippen molar-refractivity contribution in [1.29, 1.82) is 0 Å². The van der Waals surface area contributed by atoms with Crippen LogP contribution in [0.15, 0.2) is 17.1 Å². The van der Waals surface area contributed by atoms with Crippen molar-refractivity contribution >= 4 is 41.0 Å². The number of benzene rings is 1. The molecule has 0 spiro atoms. The number of fused-ring (bicyclic) bond motifs is 2. The highest BCUT2D eigenvalue weighted by molar-refractivity contribution is 6.32. The molecule has 1 aromatic rings. The third kappa shape index (κ3) is 5.76. The first-order valence-electron chi connectivity index (χ1n) is 11.5. The average Bonchev–Trinajstić information content (AvgIpc) is 3.15. The fraction of sp³-hybridized carbons (Fsp3) is 0.565. The molecule has 2 amide bonds. The van der Waals surface area contributed by atoms with Crippen LogP contribution in [0.2, 0.25) is 5.02 Å². The Hall–Kier alpha value is -2.81. The summed E-state index contributed by atoms with van der Waals surface area (Å²) in [6, 6.07) is 3.59. The lowest BCUT2D eigenvalue weighted by atomic mass is 9.94. The average molecular weight is 477 g/mol. The van der Waals surface area contributed by atoms with E-state index < -0.39 is 5.97 Å². The summed E-state index contributed by atoms with van der Waals surface area (Å²) in [7, 11) is 0. The van der Waals surface area contributed by atoms with Crippen LogP contribution in [0.25, 0.3) is 0 Å². The fourth-order valence-electron chi connectivity index (χ4n) is 4.63. The van der Waals surface area contributed by atoms with Crippen LogP contribution in [0.1, 0.15) is 56.9 Å². The van der Waals surface area contributed by atoms with E-state index >= 15 is 0 Å². The summed E-state index contributed by atoms with van der Waals surface area (Å²) >= 11 is 6.43. The van der Waals surface area contributed by atoms with E-state index in [1.54, 1.807) is 17.0 Å². The maximum Gasteiger partial charge on any atom is 0.323 e. The molecule has 4 rings (SSSR count).